The van der Waals surface area contributed by atoms with E-state index in [0.29, 0.717) is 11.1 Å². The van der Waals surface area contributed by atoms with Gasteiger partial charge in [0.1, 0.15) is 22.7 Å². The van der Waals surface area contributed by atoms with Crippen molar-refractivity contribution in [3.05, 3.63) is 92.2 Å². The molecule has 0 N–H and O–H groups in total. The lowest BCUT2D eigenvalue weighted by Crippen LogP contribution is -2.06. The fourth-order valence-electron chi connectivity index (χ4n) is 4.42. The second kappa shape index (κ2) is 10.4. The third-order valence-corrected chi connectivity index (χ3v) is 6.35. The Labute approximate surface area is 226 Å². The molecule has 0 aliphatic carbocycles. The zero-order chi connectivity index (χ0) is 28.6. The Morgan fingerprint density at radius 2 is 0.975 bits per heavy atom. The second-order valence-corrected chi connectivity index (χ2v) is 8.58. The van der Waals surface area contributed by atoms with Crippen molar-refractivity contribution in [2.45, 2.75) is 0 Å². The Morgan fingerprint density at radius 3 is 1.32 bits per heavy atom. The molecule has 0 unspecified atom stereocenters. The maximum Gasteiger partial charge on any atom is 0.337 e. The molecule has 2 aromatic heterocycles. The van der Waals surface area contributed by atoms with Crippen molar-refractivity contribution < 1.29 is 37.4 Å². The Kier molecular flexibility index (Phi) is 6.83. The highest BCUT2D eigenvalue weighted by Crippen LogP contribution is 2.45. The van der Waals surface area contributed by atoms with Crippen LogP contribution in [0.25, 0.3) is 44.6 Å². The van der Waals surface area contributed by atoms with Crippen molar-refractivity contribution in [2.24, 2.45) is 0 Å². The molecule has 10 nitrogen and oxygen atoms in total. The smallest absolute Gasteiger partial charge is 0.337 e. The Morgan fingerprint density at radius 1 is 0.575 bits per heavy atom. The average molecular weight is 542 g/mol. The lowest BCUT2D eigenvalue weighted by molar-refractivity contribution is 0.0592. The van der Waals surface area contributed by atoms with E-state index in [1.807, 2.05) is 0 Å². The van der Waals surface area contributed by atoms with E-state index >= 15 is 0 Å². The molecular weight excluding hydrogens is 520 g/mol. The summed E-state index contributed by atoms with van der Waals surface area (Å²) in [5.74, 6) is -0.288. The van der Waals surface area contributed by atoms with E-state index in [4.69, 9.17) is 27.8 Å². The predicted molar refractivity (Wildman–Crippen MR) is 145 cm³/mol. The van der Waals surface area contributed by atoms with E-state index in [-0.39, 0.29) is 66.9 Å². The van der Waals surface area contributed by atoms with Crippen LogP contribution in [0.4, 0.5) is 0 Å². The van der Waals surface area contributed by atoms with Crippen LogP contribution in [-0.4, -0.2) is 40.4 Å². The molecule has 202 valence electrons. The number of esters is 2. The molecule has 0 saturated carbocycles. The van der Waals surface area contributed by atoms with E-state index in [9.17, 15) is 19.2 Å². The zero-order valence-corrected chi connectivity index (χ0v) is 21.9. The molecule has 0 atom stereocenters. The van der Waals surface area contributed by atoms with Crippen LogP contribution in [0.2, 0.25) is 0 Å². The van der Waals surface area contributed by atoms with Crippen molar-refractivity contribution in [1.29, 1.82) is 0 Å². The quantitative estimate of drug-likeness (QED) is 0.275. The highest BCUT2D eigenvalue weighted by atomic mass is 16.5. The van der Waals surface area contributed by atoms with Crippen LogP contribution in [0.15, 0.2) is 79.1 Å². The summed E-state index contributed by atoms with van der Waals surface area (Å²) in [7, 11) is 5.37. The van der Waals surface area contributed by atoms with Gasteiger partial charge in [0.15, 0.2) is 22.4 Å². The molecule has 5 rings (SSSR count). The van der Waals surface area contributed by atoms with E-state index in [0.717, 1.165) is 0 Å². The Bertz CT molecular complexity index is 1790. The molecule has 2 heterocycles. The summed E-state index contributed by atoms with van der Waals surface area (Å²) in [6.07, 6.45) is 0. The third kappa shape index (κ3) is 4.45. The fourth-order valence-corrected chi connectivity index (χ4v) is 4.42. The minimum Gasteiger partial charge on any atom is -0.492 e. The molecule has 0 aliphatic heterocycles. The Hall–Kier alpha value is -5.38. The van der Waals surface area contributed by atoms with Crippen molar-refractivity contribution in [3.8, 4) is 34.1 Å². The standard InChI is InChI=1S/C30H22O10/c1-35-27-17(25-13-21(31)19-11-15(29(33)37-3)5-9-23(19)39-25)7-8-18(28(27)36-2)26-14-22(32)20-12-16(30(34)38-4)6-10-24(20)40-26/h5-14H,1-4H3. The third-order valence-electron chi connectivity index (χ3n) is 6.35. The summed E-state index contributed by atoms with van der Waals surface area (Å²) in [6.45, 7) is 0. The zero-order valence-electron chi connectivity index (χ0n) is 21.9. The molecule has 0 amide bonds. The average Bonchev–Trinajstić information content (AvgIpc) is 2.98. The van der Waals surface area contributed by atoms with Gasteiger partial charge in [-0.2, -0.15) is 0 Å². The molecule has 5 aromatic rings. The van der Waals surface area contributed by atoms with Gasteiger partial charge >= 0.3 is 11.9 Å². The highest BCUT2D eigenvalue weighted by Gasteiger charge is 2.22. The van der Waals surface area contributed by atoms with Gasteiger partial charge in [-0.3, -0.25) is 9.59 Å². The van der Waals surface area contributed by atoms with E-state index in [1.54, 1.807) is 12.1 Å². The fraction of sp³-hybridized carbons (Fsp3) is 0.133. The van der Waals surface area contributed by atoms with Crippen LogP contribution >= 0.6 is 0 Å². The summed E-state index contributed by atoms with van der Waals surface area (Å²) >= 11 is 0. The second-order valence-electron chi connectivity index (χ2n) is 8.58. The maximum absolute atomic E-state index is 13.0. The van der Waals surface area contributed by atoms with E-state index in [1.165, 1.54) is 77.0 Å². The van der Waals surface area contributed by atoms with Gasteiger partial charge in [0.05, 0.1) is 61.5 Å². The Balaban J connectivity index is 1.64. The summed E-state index contributed by atoms with van der Waals surface area (Å²) in [4.78, 5) is 49.7. The number of carbonyl (C=O) groups is 2. The van der Waals surface area contributed by atoms with Crippen LogP contribution in [0.1, 0.15) is 20.7 Å². The molecule has 0 spiro atoms. The van der Waals surface area contributed by atoms with Gasteiger partial charge in [0, 0.05) is 12.1 Å². The first-order valence-electron chi connectivity index (χ1n) is 11.9. The normalized spacial score (nSPS) is 10.9. The van der Waals surface area contributed by atoms with Gasteiger partial charge in [0.25, 0.3) is 0 Å². The number of ether oxygens (including phenoxy) is 4. The van der Waals surface area contributed by atoms with Crippen LogP contribution < -0.4 is 20.3 Å². The van der Waals surface area contributed by atoms with Gasteiger partial charge in [-0.25, -0.2) is 9.59 Å². The lowest BCUT2D eigenvalue weighted by atomic mass is 10.0. The summed E-state index contributed by atoms with van der Waals surface area (Å²) in [5.41, 5.74) is 1.01. The van der Waals surface area contributed by atoms with Crippen LogP contribution in [0, 0.1) is 0 Å². The monoisotopic (exact) mass is 542 g/mol. The van der Waals surface area contributed by atoms with Crippen molar-refractivity contribution in [1.82, 2.24) is 0 Å². The molecule has 40 heavy (non-hydrogen) atoms. The van der Waals surface area contributed by atoms with E-state index < -0.39 is 11.9 Å². The molecule has 0 saturated heterocycles. The number of hydrogen-bond donors (Lipinski definition) is 0. The molecular formula is C30H22O10. The largest absolute Gasteiger partial charge is 0.492 e. The first kappa shape index (κ1) is 26.2. The van der Waals surface area contributed by atoms with Gasteiger partial charge in [-0.15, -0.1) is 0 Å². The molecule has 0 aliphatic rings. The first-order valence-corrected chi connectivity index (χ1v) is 11.9. The summed E-state index contributed by atoms with van der Waals surface area (Å²) in [6, 6.07) is 14.7. The highest BCUT2D eigenvalue weighted by molar-refractivity contribution is 5.95. The maximum atomic E-state index is 13.0. The van der Waals surface area contributed by atoms with Crippen LogP contribution in [0.5, 0.6) is 11.5 Å². The van der Waals surface area contributed by atoms with Gasteiger partial charge in [0.2, 0.25) is 0 Å². The number of methoxy groups -OCH3 is 4. The predicted octanol–water partition coefficient (Wildman–Crippen LogP) is 4.82. The number of carbonyl (C=O) groups excluding carboxylic acids is 2. The molecule has 10 heteroatoms. The topological polar surface area (TPSA) is 131 Å². The molecule has 0 radical (unpaired) electrons. The van der Waals surface area contributed by atoms with Crippen molar-refractivity contribution in [2.75, 3.05) is 28.4 Å². The molecule has 0 bridgehead atoms. The number of rotatable bonds is 6. The minimum atomic E-state index is -0.573. The molecule has 3 aromatic carbocycles. The molecule has 0 fully saturated rings. The summed E-state index contributed by atoms with van der Waals surface area (Å²) in [5, 5.41) is 0.421. The number of hydrogen-bond acceptors (Lipinski definition) is 10. The van der Waals surface area contributed by atoms with Gasteiger partial charge < -0.3 is 27.8 Å². The summed E-state index contributed by atoms with van der Waals surface area (Å²) < 4.78 is 32.8. The van der Waals surface area contributed by atoms with Crippen LogP contribution in [-0.2, 0) is 9.47 Å². The lowest BCUT2D eigenvalue weighted by Gasteiger charge is -2.16. The SMILES string of the molecule is COC(=O)c1ccc2oc(-c3ccc(-c4cc(=O)c5cc(C(=O)OC)ccc5o4)c(OC)c3OC)cc(=O)c2c1. The van der Waals surface area contributed by atoms with Gasteiger partial charge in [-0.1, -0.05) is 0 Å². The van der Waals surface area contributed by atoms with E-state index in [2.05, 4.69) is 0 Å². The number of fused-ring (bicyclic) bond motifs is 2. The van der Waals surface area contributed by atoms with Crippen LogP contribution in [0.3, 0.4) is 0 Å². The minimum absolute atomic E-state index is 0.195. The van der Waals surface area contributed by atoms with Crippen molar-refractivity contribution in [3.63, 3.8) is 0 Å². The van der Waals surface area contributed by atoms with Gasteiger partial charge in [-0.05, 0) is 48.5 Å². The van der Waals surface area contributed by atoms with Crippen molar-refractivity contribution >= 4 is 33.9 Å². The first-order chi connectivity index (χ1) is 19.3. The number of benzene rings is 3.